The Morgan fingerprint density at radius 1 is 1.69 bits per heavy atom. The van der Waals surface area contributed by atoms with Crippen LogP contribution in [0.25, 0.3) is 0 Å². The maximum Gasteiger partial charge on any atom is 0.184 e. The van der Waals surface area contributed by atoms with Gasteiger partial charge in [-0.05, 0) is 28.4 Å². The molecular formula is C9H9BrN2O. The van der Waals surface area contributed by atoms with Crippen LogP contribution in [0.15, 0.2) is 22.9 Å². The number of hydrogen-bond acceptors (Lipinski definition) is 3. The van der Waals surface area contributed by atoms with Gasteiger partial charge in [0.05, 0.1) is 6.20 Å². The SMILES string of the molecule is CCC(C#N)Oc1cncc(Br)c1. The van der Waals surface area contributed by atoms with E-state index in [4.69, 9.17) is 10.00 Å². The van der Waals surface area contributed by atoms with Gasteiger partial charge >= 0.3 is 0 Å². The Morgan fingerprint density at radius 2 is 2.46 bits per heavy atom. The van der Waals surface area contributed by atoms with Crippen LogP contribution in [0.4, 0.5) is 0 Å². The fourth-order valence-corrected chi connectivity index (χ4v) is 1.17. The number of pyridine rings is 1. The van der Waals surface area contributed by atoms with Crippen LogP contribution in [0.1, 0.15) is 13.3 Å². The van der Waals surface area contributed by atoms with Crippen LogP contribution in [0.5, 0.6) is 5.75 Å². The van der Waals surface area contributed by atoms with Crippen LogP contribution in [0.2, 0.25) is 0 Å². The van der Waals surface area contributed by atoms with Crippen molar-refractivity contribution in [3.63, 3.8) is 0 Å². The first-order valence-electron chi connectivity index (χ1n) is 3.93. The highest BCUT2D eigenvalue weighted by atomic mass is 79.9. The molecule has 0 aromatic carbocycles. The minimum absolute atomic E-state index is 0.393. The molecule has 0 spiro atoms. The van der Waals surface area contributed by atoms with Gasteiger partial charge in [0.15, 0.2) is 6.10 Å². The Morgan fingerprint density at radius 3 is 3.00 bits per heavy atom. The lowest BCUT2D eigenvalue weighted by Crippen LogP contribution is -2.12. The van der Waals surface area contributed by atoms with Crippen molar-refractivity contribution < 1.29 is 4.74 Å². The molecule has 1 aromatic rings. The molecule has 0 amide bonds. The smallest absolute Gasteiger partial charge is 0.184 e. The zero-order valence-electron chi connectivity index (χ0n) is 7.20. The number of hydrogen-bond donors (Lipinski definition) is 0. The topological polar surface area (TPSA) is 45.9 Å². The average Bonchev–Trinajstić information content (AvgIpc) is 2.14. The van der Waals surface area contributed by atoms with Crippen molar-refractivity contribution in [3.05, 3.63) is 22.9 Å². The van der Waals surface area contributed by atoms with Gasteiger partial charge in [-0.2, -0.15) is 5.26 Å². The van der Waals surface area contributed by atoms with E-state index in [-0.39, 0.29) is 0 Å². The first-order valence-corrected chi connectivity index (χ1v) is 4.72. The van der Waals surface area contributed by atoms with Crippen molar-refractivity contribution in [2.45, 2.75) is 19.4 Å². The second-order valence-electron chi connectivity index (χ2n) is 2.48. The lowest BCUT2D eigenvalue weighted by Gasteiger charge is -2.09. The highest BCUT2D eigenvalue weighted by molar-refractivity contribution is 9.10. The van der Waals surface area contributed by atoms with Gasteiger partial charge in [0.1, 0.15) is 11.8 Å². The Kier molecular flexibility index (Phi) is 3.71. The van der Waals surface area contributed by atoms with Gasteiger partial charge in [-0.1, -0.05) is 6.92 Å². The van der Waals surface area contributed by atoms with E-state index >= 15 is 0 Å². The van der Waals surface area contributed by atoms with Crippen molar-refractivity contribution in [3.8, 4) is 11.8 Å². The zero-order valence-corrected chi connectivity index (χ0v) is 8.78. The fraction of sp³-hybridized carbons (Fsp3) is 0.333. The number of ether oxygens (including phenoxy) is 1. The van der Waals surface area contributed by atoms with Gasteiger partial charge in [0.2, 0.25) is 0 Å². The molecular weight excluding hydrogens is 232 g/mol. The summed E-state index contributed by atoms with van der Waals surface area (Å²) in [4.78, 5) is 3.92. The van der Waals surface area contributed by atoms with Crippen molar-refractivity contribution in [1.29, 1.82) is 5.26 Å². The third-order valence-electron chi connectivity index (χ3n) is 1.47. The predicted molar refractivity (Wildman–Crippen MR) is 52.3 cm³/mol. The van der Waals surface area contributed by atoms with Crippen LogP contribution in [0.3, 0.4) is 0 Å². The van der Waals surface area contributed by atoms with Gasteiger partial charge in [-0.3, -0.25) is 4.98 Å². The van der Waals surface area contributed by atoms with Crippen molar-refractivity contribution in [2.24, 2.45) is 0 Å². The van der Waals surface area contributed by atoms with E-state index in [1.165, 1.54) is 0 Å². The molecule has 0 saturated carbocycles. The zero-order chi connectivity index (χ0) is 9.68. The van der Waals surface area contributed by atoms with Gasteiger partial charge < -0.3 is 4.74 Å². The van der Waals surface area contributed by atoms with Gasteiger partial charge in [-0.25, -0.2) is 0 Å². The molecule has 1 atom stereocenters. The molecule has 1 unspecified atom stereocenters. The molecule has 0 bridgehead atoms. The van der Waals surface area contributed by atoms with E-state index in [1.54, 1.807) is 18.5 Å². The first-order chi connectivity index (χ1) is 6.26. The van der Waals surface area contributed by atoms with Crippen LogP contribution in [0, 0.1) is 11.3 Å². The summed E-state index contributed by atoms with van der Waals surface area (Å²) in [5, 5.41) is 8.65. The van der Waals surface area contributed by atoms with Crippen LogP contribution >= 0.6 is 15.9 Å². The lowest BCUT2D eigenvalue weighted by atomic mass is 10.3. The van der Waals surface area contributed by atoms with Gasteiger partial charge in [0.25, 0.3) is 0 Å². The fourth-order valence-electron chi connectivity index (χ4n) is 0.822. The maximum absolute atomic E-state index is 8.65. The molecule has 0 saturated heterocycles. The standard InChI is InChI=1S/C9H9BrN2O/c1-2-8(4-11)13-9-3-7(10)5-12-6-9/h3,5-6,8H,2H2,1H3. The van der Waals surface area contributed by atoms with E-state index in [2.05, 4.69) is 27.0 Å². The molecule has 0 N–H and O–H groups in total. The molecule has 1 rings (SSSR count). The highest BCUT2D eigenvalue weighted by Crippen LogP contribution is 2.17. The average molecular weight is 241 g/mol. The van der Waals surface area contributed by atoms with E-state index in [9.17, 15) is 0 Å². The summed E-state index contributed by atoms with van der Waals surface area (Å²) in [7, 11) is 0. The quantitative estimate of drug-likeness (QED) is 0.816. The number of aromatic nitrogens is 1. The monoisotopic (exact) mass is 240 g/mol. The van der Waals surface area contributed by atoms with E-state index in [1.807, 2.05) is 6.92 Å². The summed E-state index contributed by atoms with van der Waals surface area (Å²) < 4.78 is 6.19. The summed E-state index contributed by atoms with van der Waals surface area (Å²) in [5.74, 6) is 0.614. The second kappa shape index (κ2) is 4.83. The highest BCUT2D eigenvalue weighted by Gasteiger charge is 2.05. The predicted octanol–water partition coefficient (Wildman–Crippen LogP) is 2.53. The Labute approximate surface area is 85.5 Å². The van der Waals surface area contributed by atoms with E-state index in [0.29, 0.717) is 12.2 Å². The molecule has 0 radical (unpaired) electrons. The third-order valence-corrected chi connectivity index (χ3v) is 1.91. The van der Waals surface area contributed by atoms with Crippen LogP contribution < -0.4 is 4.74 Å². The Hall–Kier alpha value is -1.08. The normalized spacial score (nSPS) is 11.8. The number of nitriles is 1. The summed E-state index contributed by atoms with van der Waals surface area (Å²) in [5.41, 5.74) is 0. The molecule has 3 nitrogen and oxygen atoms in total. The minimum Gasteiger partial charge on any atom is -0.474 e. The second-order valence-corrected chi connectivity index (χ2v) is 3.40. The first kappa shape index (κ1) is 10.0. The number of rotatable bonds is 3. The van der Waals surface area contributed by atoms with E-state index in [0.717, 1.165) is 4.47 Å². The minimum atomic E-state index is -0.393. The lowest BCUT2D eigenvalue weighted by molar-refractivity contribution is 0.251. The number of halogens is 1. The summed E-state index contributed by atoms with van der Waals surface area (Å²) in [6.07, 6.45) is 3.53. The largest absolute Gasteiger partial charge is 0.474 e. The summed E-state index contributed by atoms with van der Waals surface area (Å²) in [6.45, 7) is 1.90. The maximum atomic E-state index is 8.65. The third kappa shape index (κ3) is 3.03. The Balaban J connectivity index is 2.69. The van der Waals surface area contributed by atoms with Crippen LogP contribution in [-0.4, -0.2) is 11.1 Å². The van der Waals surface area contributed by atoms with Crippen molar-refractivity contribution >= 4 is 15.9 Å². The summed E-state index contributed by atoms with van der Waals surface area (Å²) >= 11 is 3.27. The van der Waals surface area contributed by atoms with Gasteiger partial charge in [-0.15, -0.1) is 0 Å². The molecule has 1 heterocycles. The molecule has 68 valence electrons. The molecule has 13 heavy (non-hydrogen) atoms. The van der Waals surface area contributed by atoms with Crippen LogP contribution in [-0.2, 0) is 0 Å². The molecule has 4 heteroatoms. The summed E-state index contributed by atoms with van der Waals surface area (Å²) in [6, 6.07) is 3.84. The number of nitrogens with zero attached hydrogens (tertiary/aromatic N) is 2. The molecule has 0 fully saturated rings. The molecule has 1 aromatic heterocycles. The molecule has 0 aliphatic heterocycles. The molecule has 0 aliphatic carbocycles. The van der Waals surface area contributed by atoms with E-state index < -0.39 is 6.10 Å². The van der Waals surface area contributed by atoms with Crippen molar-refractivity contribution in [2.75, 3.05) is 0 Å². The van der Waals surface area contributed by atoms with Gasteiger partial charge in [0, 0.05) is 10.7 Å². The molecule has 0 aliphatic rings. The Bertz CT molecular complexity index is 322. The van der Waals surface area contributed by atoms with Crippen molar-refractivity contribution in [1.82, 2.24) is 4.98 Å².